The molecule has 0 aromatic heterocycles. The van der Waals surface area contributed by atoms with E-state index in [4.69, 9.17) is 4.74 Å². The first-order valence-electron chi connectivity index (χ1n) is 6.63. The Morgan fingerprint density at radius 3 is 2.47 bits per heavy atom. The van der Waals surface area contributed by atoms with Crippen LogP contribution >= 0.6 is 0 Å². The van der Waals surface area contributed by atoms with Crippen molar-refractivity contribution in [2.75, 3.05) is 6.61 Å². The Morgan fingerprint density at radius 1 is 1.07 bits per heavy atom. The minimum Gasteiger partial charge on any atom is -0.394 e. The quantitative estimate of drug-likeness (QED) is 0.712. The SMILES string of the molecule is CCCCC[C@H]1CCCCC[C@@H](CO)O1. The van der Waals surface area contributed by atoms with Crippen LogP contribution in [-0.4, -0.2) is 23.9 Å². The maximum Gasteiger partial charge on any atom is 0.0809 e. The second-order valence-electron chi connectivity index (χ2n) is 4.70. The second-order valence-corrected chi connectivity index (χ2v) is 4.70. The molecule has 2 atom stereocenters. The molecule has 15 heavy (non-hydrogen) atoms. The fourth-order valence-electron chi connectivity index (χ4n) is 2.30. The van der Waals surface area contributed by atoms with Gasteiger partial charge in [-0.15, -0.1) is 0 Å². The smallest absolute Gasteiger partial charge is 0.0809 e. The molecule has 1 N–H and O–H groups in total. The van der Waals surface area contributed by atoms with Gasteiger partial charge in [0.2, 0.25) is 0 Å². The van der Waals surface area contributed by atoms with E-state index in [9.17, 15) is 5.11 Å². The van der Waals surface area contributed by atoms with Crippen LogP contribution < -0.4 is 0 Å². The lowest BCUT2D eigenvalue weighted by Gasteiger charge is -2.26. The monoisotopic (exact) mass is 214 g/mol. The Labute approximate surface area is 94.0 Å². The molecule has 0 aromatic rings. The number of ether oxygens (including phenoxy) is 1. The maximum atomic E-state index is 9.17. The van der Waals surface area contributed by atoms with Gasteiger partial charge in [-0.3, -0.25) is 0 Å². The average Bonchev–Trinajstić information content (AvgIpc) is 2.21. The normalized spacial score (nSPS) is 28.4. The molecular formula is C13H26O2. The molecule has 1 rings (SSSR count). The molecule has 2 heteroatoms. The summed E-state index contributed by atoms with van der Waals surface area (Å²) in [6, 6.07) is 0. The zero-order chi connectivity index (χ0) is 10.9. The molecule has 90 valence electrons. The zero-order valence-corrected chi connectivity index (χ0v) is 10.1. The van der Waals surface area contributed by atoms with E-state index in [-0.39, 0.29) is 12.7 Å². The van der Waals surface area contributed by atoms with E-state index in [2.05, 4.69) is 6.92 Å². The molecule has 0 aliphatic carbocycles. The van der Waals surface area contributed by atoms with Crippen molar-refractivity contribution < 1.29 is 9.84 Å². The lowest BCUT2D eigenvalue weighted by molar-refractivity contribution is -0.0574. The molecule has 0 unspecified atom stereocenters. The standard InChI is InChI=1S/C13H26O2/c1-2-3-5-8-12-9-6-4-7-10-13(11-14)15-12/h12-14H,2-11H2,1H3/t12-,13-/m0/s1. The van der Waals surface area contributed by atoms with Gasteiger partial charge in [-0.25, -0.2) is 0 Å². The van der Waals surface area contributed by atoms with E-state index >= 15 is 0 Å². The van der Waals surface area contributed by atoms with Crippen LogP contribution in [0.2, 0.25) is 0 Å². The molecule has 1 fully saturated rings. The molecule has 1 saturated heterocycles. The Balaban J connectivity index is 2.25. The molecule has 0 spiro atoms. The van der Waals surface area contributed by atoms with Crippen LogP contribution in [0.15, 0.2) is 0 Å². The van der Waals surface area contributed by atoms with Gasteiger partial charge in [0, 0.05) is 0 Å². The van der Waals surface area contributed by atoms with E-state index in [1.54, 1.807) is 0 Å². The Kier molecular flexibility index (Phi) is 7.03. The largest absolute Gasteiger partial charge is 0.394 e. The number of rotatable bonds is 5. The van der Waals surface area contributed by atoms with E-state index < -0.39 is 0 Å². The molecule has 1 heterocycles. The highest BCUT2D eigenvalue weighted by atomic mass is 16.5. The van der Waals surface area contributed by atoms with Gasteiger partial charge < -0.3 is 9.84 Å². The molecule has 2 nitrogen and oxygen atoms in total. The van der Waals surface area contributed by atoms with E-state index in [0.29, 0.717) is 6.10 Å². The summed E-state index contributed by atoms with van der Waals surface area (Å²) in [5, 5.41) is 9.17. The maximum absolute atomic E-state index is 9.17. The van der Waals surface area contributed by atoms with Crippen molar-refractivity contribution in [3.8, 4) is 0 Å². The van der Waals surface area contributed by atoms with Crippen LogP contribution in [0.5, 0.6) is 0 Å². The Hall–Kier alpha value is -0.0800. The van der Waals surface area contributed by atoms with Crippen molar-refractivity contribution in [3.63, 3.8) is 0 Å². The summed E-state index contributed by atoms with van der Waals surface area (Å²) in [5.41, 5.74) is 0. The number of hydrogen-bond acceptors (Lipinski definition) is 2. The van der Waals surface area contributed by atoms with Crippen LogP contribution in [-0.2, 0) is 4.74 Å². The van der Waals surface area contributed by atoms with Gasteiger partial charge >= 0.3 is 0 Å². The Morgan fingerprint density at radius 2 is 1.80 bits per heavy atom. The molecular weight excluding hydrogens is 188 g/mol. The molecule has 1 aliphatic rings. The van der Waals surface area contributed by atoms with Crippen molar-refractivity contribution in [3.05, 3.63) is 0 Å². The van der Waals surface area contributed by atoms with Crippen LogP contribution in [0.3, 0.4) is 0 Å². The Bertz CT molecular complexity index is 147. The number of aliphatic hydroxyl groups is 1. The third kappa shape index (κ3) is 5.53. The lowest BCUT2D eigenvalue weighted by atomic mass is 10.0. The van der Waals surface area contributed by atoms with Crippen molar-refractivity contribution >= 4 is 0 Å². The van der Waals surface area contributed by atoms with Gasteiger partial charge in [0.1, 0.15) is 0 Å². The van der Waals surface area contributed by atoms with Crippen LogP contribution in [0, 0.1) is 0 Å². The minimum atomic E-state index is 0.108. The number of unbranched alkanes of at least 4 members (excludes halogenated alkanes) is 2. The minimum absolute atomic E-state index is 0.108. The zero-order valence-electron chi connectivity index (χ0n) is 10.1. The number of hydrogen-bond donors (Lipinski definition) is 1. The van der Waals surface area contributed by atoms with Crippen molar-refractivity contribution in [2.45, 2.75) is 76.9 Å². The van der Waals surface area contributed by atoms with Crippen LogP contribution in [0.1, 0.15) is 64.7 Å². The average molecular weight is 214 g/mol. The highest BCUT2D eigenvalue weighted by Gasteiger charge is 2.18. The summed E-state index contributed by atoms with van der Waals surface area (Å²) in [6.45, 7) is 2.43. The first-order valence-corrected chi connectivity index (χ1v) is 6.63. The van der Waals surface area contributed by atoms with Gasteiger partial charge in [-0.05, 0) is 19.3 Å². The van der Waals surface area contributed by atoms with E-state index in [1.807, 2.05) is 0 Å². The predicted molar refractivity (Wildman–Crippen MR) is 63.0 cm³/mol. The van der Waals surface area contributed by atoms with Gasteiger partial charge in [-0.1, -0.05) is 45.4 Å². The third-order valence-electron chi connectivity index (χ3n) is 3.27. The fraction of sp³-hybridized carbons (Fsp3) is 1.00. The molecule has 0 aromatic carbocycles. The number of aliphatic hydroxyl groups excluding tert-OH is 1. The summed E-state index contributed by atoms with van der Waals surface area (Å²) < 4.78 is 5.94. The summed E-state index contributed by atoms with van der Waals surface area (Å²) in [4.78, 5) is 0. The first-order chi connectivity index (χ1) is 7.36. The molecule has 0 amide bonds. The summed E-state index contributed by atoms with van der Waals surface area (Å²) in [6.07, 6.45) is 11.6. The van der Waals surface area contributed by atoms with Crippen LogP contribution in [0.4, 0.5) is 0 Å². The van der Waals surface area contributed by atoms with Gasteiger partial charge in [0.05, 0.1) is 18.8 Å². The summed E-state index contributed by atoms with van der Waals surface area (Å²) in [7, 11) is 0. The van der Waals surface area contributed by atoms with Crippen molar-refractivity contribution in [1.82, 2.24) is 0 Å². The molecule has 0 saturated carbocycles. The van der Waals surface area contributed by atoms with Gasteiger partial charge in [-0.2, -0.15) is 0 Å². The van der Waals surface area contributed by atoms with Crippen LogP contribution in [0.25, 0.3) is 0 Å². The second kappa shape index (κ2) is 8.12. The van der Waals surface area contributed by atoms with Crippen molar-refractivity contribution in [1.29, 1.82) is 0 Å². The third-order valence-corrected chi connectivity index (χ3v) is 3.27. The fourth-order valence-corrected chi connectivity index (χ4v) is 2.30. The molecule has 0 bridgehead atoms. The highest BCUT2D eigenvalue weighted by molar-refractivity contribution is 4.67. The van der Waals surface area contributed by atoms with E-state index in [1.165, 1.54) is 51.4 Å². The highest BCUT2D eigenvalue weighted by Crippen LogP contribution is 2.21. The molecule has 1 aliphatic heterocycles. The summed E-state index contributed by atoms with van der Waals surface area (Å²) in [5.74, 6) is 0. The van der Waals surface area contributed by atoms with Gasteiger partial charge in [0.15, 0.2) is 0 Å². The lowest BCUT2D eigenvalue weighted by Crippen LogP contribution is -2.27. The van der Waals surface area contributed by atoms with E-state index in [0.717, 1.165) is 6.42 Å². The summed E-state index contributed by atoms with van der Waals surface area (Å²) >= 11 is 0. The molecule has 0 radical (unpaired) electrons. The van der Waals surface area contributed by atoms with Gasteiger partial charge in [0.25, 0.3) is 0 Å². The first kappa shape index (κ1) is 13.0. The predicted octanol–water partition coefficient (Wildman–Crippen LogP) is 3.28. The van der Waals surface area contributed by atoms with Crippen molar-refractivity contribution in [2.24, 2.45) is 0 Å². The topological polar surface area (TPSA) is 29.5 Å².